The smallest absolute Gasteiger partial charge is 0.311 e. The quantitative estimate of drug-likeness (QED) is 0.844. The van der Waals surface area contributed by atoms with E-state index in [1.54, 1.807) is 6.07 Å². The standard InChI is InChI=1S/C11H14N6O2/c1-2-11(10(18)19)5-6-16(7-11)9-4-3-8-12-14-15-17(8)13-9/h3-4H,2,5-7H2,1H3,(H,18,19). The summed E-state index contributed by atoms with van der Waals surface area (Å²) < 4.78 is 1.35. The molecule has 1 atom stereocenters. The summed E-state index contributed by atoms with van der Waals surface area (Å²) in [5.74, 6) is -0.0302. The first-order chi connectivity index (χ1) is 9.14. The number of aromatic nitrogens is 5. The minimum atomic E-state index is -0.735. The highest BCUT2D eigenvalue weighted by Gasteiger charge is 2.43. The molecule has 0 spiro atoms. The first-order valence-corrected chi connectivity index (χ1v) is 6.18. The molecule has 19 heavy (non-hydrogen) atoms. The summed E-state index contributed by atoms with van der Waals surface area (Å²) in [7, 11) is 0. The van der Waals surface area contributed by atoms with Gasteiger partial charge in [-0.1, -0.05) is 6.92 Å². The van der Waals surface area contributed by atoms with E-state index in [-0.39, 0.29) is 0 Å². The Bertz CT molecular complexity index is 626. The van der Waals surface area contributed by atoms with Gasteiger partial charge >= 0.3 is 5.97 Å². The number of nitrogens with zero attached hydrogens (tertiary/aromatic N) is 6. The van der Waals surface area contributed by atoms with Gasteiger partial charge in [-0.2, -0.15) is 0 Å². The molecule has 1 fully saturated rings. The monoisotopic (exact) mass is 262 g/mol. The lowest BCUT2D eigenvalue weighted by molar-refractivity contribution is -0.147. The Morgan fingerprint density at radius 3 is 3.05 bits per heavy atom. The van der Waals surface area contributed by atoms with Crippen molar-refractivity contribution in [3.63, 3.8) is 0 Å². The number of fused-ring (bicyclic) bond motifs is 1. The summed E-state index contributed by atoms with van der Waals surface area (Å²) in [4.78, 5) is 13.4. The van der Waals surface area contributed by atoms with Gasteiger partial charge in [-0.05, 0) is 35.4 Å². The molecule has 100 valence electrons. The van der Waals surface area contributed by atoms with E-state index < -0.39 is 11.4 Å². The Kier molecular flexibility index (Phi) is 2.58. The topological polar surface area (TPSA) is 96.5 Å². The van der Waals surface area contributed by atoms with Crippen LogP contribution in [-0.2, 0) is 4.79 Å². The van der Waals surface area contributed by atoms with Gasteiger partial charge in [0, 0.05) is 13.1 Å². The molecule has 3 heterocycles. The lowest BCUT2D eigenvalue weighted by atomic mass is 9.84. The Morgan fingerprint density at radius 2 is 2.37 bits per heavy atom. The van der Waals surface area contributed by atoms with Gasteiger partial charge in [-0.15, -0.1) is 14.8 Å². The second-order valence-corrected chi connectivity index (χ2v) is 4.83. The third-order valence-electron chi connectivity index (χ3n) is 3.86. The van der Waals surface area contributed by atoms with Crippen LogP contribution >= 0.6 is 0 Å². The maximum absolute atomic E-state index is 11.4. The SMILES string of the molecule is CCC1(C(=O)O)CCN(c2ccc3nnnn3n2)C1. The maximum atomic E-state index is 11.4. The highest BCUT2D eigenvalue weighted by atomic mass is 16.4. The van der Waals surface area contributed by atoms with E-state index in [0.29, 0.717) is 37.4 Å². The number of carboxylic acids is 1. The van der Waals surface area contributed by atoms with Gasteiger partial charge in [0.15, 0.2) is 11.5 Å². The summed E-state index contributed by atoms with van der Waals surface area (Å²) in [6, 6.07) is 3.59. The molecule has 3 rings (SSSR count). The van der Waals surface area contributed by atoms with Crippen LogP contribution in [0, 0.1) is 5.41 Å². The zero-order valence-corrected chi connectivity index (χ0v) is 10.5. The molecule has 2 aromatic rings. The molecule has 0 bridgehead atoms. The van der Waals surface area contributed by atoms with Crippen molar-refractivity contribution in [2.24, 2.45) is 5.41 Å². The minimum Gasteiger partial charge on any atom is -0.481 e. The van der Waals surface area contributed by atoms with Crippen LogP contribution in [0.1, 0.15) is 19.8 Å². The van der Waals surface area contributed by atoms with Crippen LogP contribution in [0.4, 0.5) is 5.82 Å². The first kappa shape index (κ1) is 11.8. The molecule has 2 aromatic heterocycles. The van der Waals surface area contributed by atoms with Crippen molar-refractivity contribution in [1.29, 1.82) is 0 Å². The van der Waals surface area contributed by atoms with Gasteiger partial charge in [0.05, 0.1) is 5.41 Å². The Labute approximate surface area is 109 Å². The number of hydrogen-bond donors (Lipinski definition) is 1. The first-order valence-electron chi connectivity index (χ1n) is 6.18. The van der Waals surface area contributed by atoms with E-state index in [1.807, 2.05) is 17.9 Å². The zero-order valence-electron chi connectivity index (χ0n) is 10.5. The van der Waals surface area contributed by atoms with Gasteiger partial charge in [-0.25, -0.2) is 0 Å². The Morgan fingerprint density at radius 1 is 1.53 bits per heavy atom. The molecule has 1 N–H and O–H groups in total. The number of rotatable bonds is 3. The van der Waals surface area contributed by atoms with Crippen molar-refractivity contribution >= 4 is 17.4 Å². The predicted octanol–water partition coefficient (Wildman–Crippen LogP) is 0.210. The second kappa shape index (κ2) is 4.15. The number of hydrogen-bond acceptors (Lipinski definition) is 6. The number of carboxylic acid groups (broad SMARTS) is 1. The van der Waals surface area contributed by atoms with Crippen molar-refractivity contribution in [3.8, 4) is 0 Å². The van der Waals surface area contributed by atoms with Crippen LogP contribution in [0.25, 0.3) is 5.65 Å². The number of aliphatic carboxylic acids is 1. The number of anilines is 1. The zero-order chi connectivity index (χ0) is 13.5. The summed E-state index contributed by atoms with van der Waals surface area (Å²) in [5.41, 5.74) is -0.0972. The van der Waals surface area contributed by atoms with Crippen molar-refractivity contribution in [1.82, 2.24) is 25.3 Å². The number of tetrazole rings is 1. The fourth-order valence-corrected chi connectivity index (χ4v) is 2.49. The van der Waals surface area contributed by atoms with Crippen LogP contribution in [0.2, 0.25) is 0 Å². The van der Waals surface area contributed by atoms with Crippen LogP contribution in [0.15, 0.2) is 12.1 Å². The van der Waals surface area contributed by atoms with Crippen LogP contribution in [-0.4, -0.2) is 49.4 Å². The lowest BCUT2D eigenvalue weighted by Crippen LogP contribution is -2.34. The molecule has 1 unspecified atom stereocenters. The molecule has 8 nitrogen and oxygen atoms in total. The molecule has 0 aromatic carbocycles. The van der Waals surface area contributed by atoms with Crippen LogP contribution in [0.5, 0.6) is 0 Å². The summed E-state index contributed by atoms with van der Waals surface area (Å²) in [6.45, 7) is 3.07. The van der Waals surface area contributed by atoms with E-state index in [4.69, 9.17) is 0 Å². The Hall–Kier alpha value is -2.25. The highest BCUT2D eigenvalue weighted by Crippen LogP contribution is 2.35. The third kappa shape index (κ3) is 1.79. The molecule has 0 amide bonds. The molecule has 1 aliphatic rings. The molecular formula is C11H14N6O2. The van der Waals surface area contributed by atoms with Gasteiger partial charge in [0.2, 0.25) is 0 Å². The largest absolute Gasteiger partial charge is 0.481 e. The molecule has 0 aliphatic carbocycles. The molecule has 1 aliphatic heterocycles. The predicted molar refractivity (Wildman–Crippen MR) is 65.8 cm³/mol. The van der Waals surface area contributed by atoms with E-state index in [9.17, 15) is 9.90 Å². The summed E-state index contributed by atoms with van der Waals surface area (Å²) in [5, 5.41) is 24.7. The van der Waals surface area contributed by atoms with Crippen molar-refractivity contribution < 1.29 is 9.90 Å². The van der Waals surface area contributed by atoms with E-state index >= 15 is 0 Å². The van der Waals surface area contributed by atoms with Gasteiger partial charge in [0.1, 0.15) is 0 Å². The number of carbonyl (C=O) groups is 1. The molecular weight excluding hydrogens is 248 g/mol. The van der Waals surface area contributed by atoms with Crippen molar-refractivity contribution in [3.05, 3.63) is 12.1 Å². The van der Waals surface area contributed by atoms with Gasteiger partial charge in [0.25, 0.3) is 0 Å². The third-order valence-corrected chi connectivity index (χ3v) is 3.86. The average molecular weight is 262 g/mol. The van der Waals surface area contributed by atoms with Crippen LogP contribution in [0.3, 0.4) is 0 Å². The average Bonchev–Trinajstić information content (AvgIpc) is 3.05. The van der Waals surface area contributed by atoms with Gasteiger partial charge < -0.3 is 10.0 Å². The molecule has 0 saturated carbocycles. The van der Waals surface area contributed by atoms with Gasteiger partial charge in [-0.3, -0.25) is 4.79 Å². The maximum Gasteiger partial charge on any atom is 0.311 e. The van der Waals surface area contributed by atoms with E-state index in [1.165, 1.54) is 4.63 Å². The normalized spacial score (nSPS) is 23.1. The summed E-state index contributed by atoms with van der Waals surface area (Å²) >= 11 is 0. The van der Waals surface area contributed by atoms with Crippen molar-refractivity contribution in [2.45, 2.75) is 19.8 Å². The molecule has 8 heteroatoms. The fourth-order valence-electron chi connectivity index (χ4n) is 2.49. The fraction of sp³-hybridized carbons (Fsp3) is 0.545. The van der Waals surface area contributed by atoms with Crippen molar-refractivity contribution in [2.75, 3.05) is 18.0 Å². The highest BCUT2D eigenvalue weighted by molar-refractivity contribution is 5.76. The van der Waals surface area contributed by atoms with E-state index in [0.717, 1.165) is 0 Å². The Balaban J connectivity index is 1.89. The lowest BCUT2D eigenvalue weighted by Gasteiger charge is -2.23. The van der Waals surface area contributed by atoms with E-state index in [2.05, 4.69) is 20.6 Å². The van der Waals surface area contributed by atoms with Crippen LogP contribution < -0.4 is 4.90 Å². The second-order valence-electron chi connectivity index (χ2n) is 4.83. The minimum absolute atomic E-state index is 0.472. The molecule has 0 radical (unpaired) electrons. The summed E-state index contributed by atoms with van der Waals surface area (Å²) in [6.07, 6.45) is 1.25. The molecule has 1 saturated heterocycles.